The van der Waals surface area contributed by atoms with Gasteiger partial charge < -0.3 is 5.73 Å². The highest BCUT2D eigenvalue weighted by atomic mass is 16.2. The minimum atomic E-state index is -0.178. The van der Waals surface area contributed by atoms with E-state index in [1.807, 2.05) is 0 Å². The molecular weight excluding hydrogens is 244 g/mol. The first kappa shape index (κ1) is 12.3. The Labute approximate surface area is 110 Å². The Morgan fingerprint density at radius 1 is 1.32 bits per heavy atom. The van der Waals surface area contributed by atoms with Crippen molar-refractivity contribution in [2.75, 3.05) is 0 Å². The van der Waals surface area contributed by atoms with Crippen LogP contribution >= 0.6 is 0 Å². The zero-order valence-corrected chi connectivity index (χ0v) is 10.8. The molecule has 1 aliphatic carbocycles. The summed E-state index contributed by atoms with van der Waals surface area (Å²) in [7, 11) is 0. The van der Waals surface area contributed by atoms with Crippen LogP contribution in [0.5, 0.6) is 0 Å². The summed E-state index contributed by atoms with van der Waals surface area (Å²) in [5, 5.41) is 8.09. The molecule has 2 heterocycles. The van der Waals surface area contributed by atoms with Crippen molar-refractivity contribution in [1.29, 1.82) is 0 Å². The van der Waals surface area contributed by atoms with Crippen molar-refractivity contribution in [3.8, 4) is 0 Å². The zero-order valence-electron chi connectivity index (χ0n) is 10.8. The summed E-state index contributed by atoms with van der Waals surface area (Å²) in [6.07, 6.45) is 7.62. The Hall–Kier alpha value is -1.76. The molecule has 0 amide bonds. The van der Waals surface area contributed by atoms with Crippen LogP contribution in [-0.2, 0) is 13.1 Å². The van der Waals surface area contributed by atoms with E-state index in [1.165, 1.54) is 47.5 Å². The van der Waals surface area contributed by atoms with E-state index in [0.717, 1.165) is 0 Å². The van der Waals surface area contributed by atoms with E-state index in [4.69, 9.17) is 5.73 Å². The average Bonchev–Trinajstić information content (AvgIpc) is 2.87. The molecule has 2 N–H and O–H groups in total. The van der Waals surface area contributed by atoms with Crippen LogP contribution in [0.1, 0.15) is 37.8 Å². The number of hydrogen-bond donors (Lipinski definition) is 1. The Kier molecular flexibility index (Phi) is 3.29. The van der Waals surface area contributed by atoms with Gasteiger partial charge >= 0.3 is 5.69 Å². The van der Waals surface area contributed by atoms with Crippen molar-refractivity contribution in [1.82, 2.24) is 24.4 Å². The van der Waals surface area contributed by atoms with Crippen LogP contribution in [0, 0.1) is 5.92 Å². The van der Waals surface area contributed by atoms with E-state index >= 15 is 0 Å². The van der Waals surface area contributed by atoms with Gasteiger partial charge in [0.25, 0.3) is 0 Å². The van der Waals surface area contributed by atoms with E-state index in [1.54, 1.807) is 0 Å². The number of fused-ring (bicyclic) bond motifs is 1. The molecule has 7 nitrogen and oxygen atoms in total. The molecule has 2 aromatic heterocycles. The van der Waals surface area contributed by atoms with Gasteiger partial charge in [0, 0.05) is 6.54 Å². The van der Waals surface area contributed by atoms with Crippen LogP contribution in [0.4, 0.5) is 0 Å². The maximum absolute atomic E-state index is 12.3. The predicted octanol–water partition coefficient (Wildman–Crippen LogP) is 0.325. The lowest BCUT2D eigenvalue weighted by atomic mass is 9.89. The van der Waals surface area contributed by atoms with Gasteiger partial charge in [-0.25, -0.2) is 14.2 Å². The van der Waals surface area contributed by atoms with Gasteiger partial charge in [-0.15, -0.1) is 5.10 Å². The third-order valence-corrected chi connectivity index (χ3v) is 3.84. The highest BCUT2D eigenvalue weighted by molar-refractivity contribution is 5.41. The van der Waals surface area contributed by atoms with Crippen LogP contribution < -0.4 is 11.4 Å². The quantitative estimate of drug-likeness (QED) is 0.860. The lowest BCUT2D eigenvalue weighted by Crippen LogP contribution is -2.32. The summed E-state index contributed by atoms with van der Waals surface area (Å²) in [5.74, 6) is 0.538. The van der Waals surface area contributed by atoms with E-state index in [9.17, 15) is 4.79 Å². The highest BCUT2D eigenvalue weighted by Gasteiger charge is 2.17. The Bertz CT molecular complexity index is 625. The van der Waals surface area contributed by atoms with Crippen LogP contribution in [0.2, 0.25) is 0 Å². The molecule has 0 spiro atoms. The monoisotopic (exact) mass is 262 g/mol. The Morgan fingerprint density at radius 3 is 2.84 bits per heavy atom. The maximum atomic E-state index is 12.3. The molecule has 7 heteroatoms. The Balaban J connectivity index is 1.92. The number of aromatic nitrogens is 5. The van der Waals surface area contributed by atoms with E-state index < -0.39 is 0 Å². The zero-order chi connectivity index (χ0) is 13.2. The molecule has 1 fully saturated rings. The van der Waals surface area contributed by atoms with Crippen LogP contribution in [0.15, 0.2) is 11.1 Å². The topological polar surface area (TPSA) is 91.1 Å². The molecule has 0 bridgehead atoms. The van der Waals surface area contributed by atoms with Gasteiger partial charge in [-0.3, -0.25) is 0 Å². The van der Waals surface area contributed by atoms with Gasteiger partial charge in [0.1, 0.15) is 12.0 Å². The first-order chi connectivity index (χ1) is 9.29. The molecule has 0 atom stereocenters. The summed E-state index contributed by atoms with van der Waals surface area (Å²) >= 11 is 0. The second-order valence-electron chi connectivity index (χ2n) is 5.15. The fraction of sp³-hybridized carbons (Fsp3) is 0.667. The van der Waals surface area contributed by atoms with E-state index in [0.29, 0.717) is 23.8 Å². The fourth-order valence-electron chi connectivity index (χ4n) is 2.76. The molecule has 1 saturated carbocycles. The molecule has 0 radical (unpaired) electrons. The average molecular weight is 262 g/mol. The van der Waals surface area contributed by atoms with Crippen molar-refractivity contribution in [3.05, 3.63) is 22.5 Å². The largest absolute Gasteiger partial charge is 0.352 e. The predicted molar refractivity (Wildman–Crippen MR) is 69.5 cm³/mol. The van der Waals surface area contributed by atoms with Crippen LogP contribution in [0.3, 0.4) is 0 Å². The van der Waals surface area contributed by atoms with Crippen LogP contribution in [-0.4, -0.2) is 24.4 Å². The molecule has 1 aliphatic rings. The fourth-order valence-corrected chi connectivity index (χ4v) is 2.76. The van der Waals surface area contributed by atoms with Crippen LogP contribution in [0.25, 0.3) is 5.65 Å². The van der Waals surface area contributed by atoms with Crippen molar-refractivity contribution in [2.45, 2.75) is 45.2 Å². The normalized spacial score (nSPS) is 17.1. The molecule has 2 aromatic rings. The van der Waals surface area contributed by atoms with E-state index in [2.05, 4.69) is 15.3 Å². The van der Waals surface area contributed by atoms with Gasteiger partial charge in [0.15, 0.2) is 5.65 Å². The SMILES string of the molecule is NCc1ncn2c(=O)n(CC3CCCCC3)nnc12. The summed E-state index contributed by atoms with van der Waals surface area (Å²) in [6, 6.07) is 0. The van der Waals surface area contributed by atoms with Gasteiger partial charge in [0.05, 0.1) is 6.54 Å². The van der Waals surface area contributed by atoms with Gasteiger partial charge in [-0.1, -0.05) is 24.5 Å². The summed E-state index contributed by atoms with van der Waals surface area (Å²) in [4.78, 5) is 16.4. The number of nitrogens with two attached hydrogens (primary N) is 1. The molecular formula is C12H18N6O. The van der Waals surface area contributed by atoms with Crippen molar-refractivity contribution >= 4 is 5.65 Å². The molecule has 3 rings (SSSR count). The number of rotatable bonds is 3. The number of nitrogens with zero attached hydrogens (tertiary/aromatic N) is 5. The van der Waals surface area contributed by atoms with Gasteiger partial charge in [0.2, 0.25) is 0 Å². The smallest absolute Gasteiger partial charge is 0.325 e. The van der Waals surface area contributed by atoms with Crippen molar-refractivity contribution < 1.29 is 0 Å². The summed E-state index contributed by atoms with van der Waals surface area (Å²) in [5.41, 5.74) is 6.44. The minimum Gasteiger partial charge on any atom is -0.325 e. The minimum absolute atomic E-state index is 0.178. The molecule has 0 saturated heterocycles. The second kappa shape index (κ2) is 5.08. The Morgan fingerprint density at radius 2 is 2.11 bits per heavy atom. The first-order valence-corrected chi connectivity index (χ1v) is 6.79. The second-order valence-corrected chi connectivity index (χ2v) is 5.15. The van der Waals surface area contributed by atoms with Gasteiger partial charge in [-0.2, -0.15) is 4.68 Å². The lowest BCUT2D eigenvalue weighted by molar-refractivity contribution is 0.294. The summed E-state index contributed by atoms with van der Waals surface area (Å²) in [6.45, 7) is 0.912. The molecule has 0 aromatic carbocycles. The van der Waals surface area contributed by atoms with Gasteiger partial charge in [-0.05, 0) is 18.8 Å². The van der Waals surface area contributed by atoms with Crippen molar-refractivity contribution in [2.24, 2.45) is 11.7 Å². The summed E-state index contributed by atoms with van der Waals surface area (Å²) < 4.78 is 2.88. The first-order valence-electron chi connectivity index (χ1n) is 6.79. The number of imidazole rings is 1. The lowest BCUT2D eigenvalue weighted by Gasteiger charge is -2.21. The third kappa shape index (κ3) is 2.25. The maximum Gasteiger partial charge on any atom is 0.352 e. The van der Waals surface area contributed by atoms with E-state index in [-0.39, 0.29) is 12.2 Å². The molecule has 0 unspecified atom stereocenters. The highest BCUT2D eigenvalue weighted by Crippen LogP contribution is 2.24. The third-order valence-electron chi connectivity index (χ3n) is 3.84. The van der Waals surface area contributed by atoms with Crippen molar-refractivity contribution in [3.63, 3.8) is 0 Å². The molecule has 0 aliphatic heterocycles. The number of hydrogen-bond acceptors (Lipinski definition) is 5. The molecule has 102 valence electrons. The molecule has 19 heavy (non-hydrogen) atoms. The standard InChI is InChI=1S/C12H18N6O/c13-6-10-11-15-16-18(12(19)17(11)8-14-10)7-9-4-2-1-3-5-9/h8-9H,1-7,13H2.